The first kappa shape index (κ1) is 26.6. The Kier molecular flexibility index (Phi) is 9.13. The van der Waals surface area contributed by atoms with Gasteiger partial charge in [-0.2, -0.15) is 5.10 Å². The lowest BCUT2D eigenvalue weighted by molar-refractivity contribution is -0.113. The molecular weight excluding hydrogens is 557 g/mol. The van der Waals surface area contributed by atoms with Crippen LogP contribution in [0.2, 0.25) is 15.1 Å². The summed E-state index contributed by atoms with van der Waals surface area (Å²) >= 11 is 19.0. The van der Waals surface area contributed by atoms with Gasteiger partial charge in [-0.1, -0.05) is 70.8 Å². The van der Waals surface area contributed by atoms with Gasteiger partial charge in [-0.05, 0) is 48.0 Å². The molecular formula is C24H20Cl3N7O2S. The first-order valence-electron chi connectivity index (χ1n) is 10.7. The first-order chi connectivity index (χ1) is 17.9. The van der Waals surface area contributed by atoms with Crippen LogP contribution in [-0.2, 0) is 11.4 Å². The lowest BCUT2D eigenvalue weighted by atomic mass is 10.2. The van der Waals surface area contributed by atoms with Crippen molar-refractivity contribution in [2.24, 2.45) is 5.10 Å². The van der Waals surface area contributed by atoms with Gasteiger partial charge in [-0.3, -0.25) is 4.79 Å². The van der Waals surface area contributed by atoms with Gasteiger partial charge in [-0.15, -0.1) is 10.2 Å². The zero-order chi connectivity index (χ0) is 26.2. The van der Waals surface area contributed by atoms with Crippen LogP contribution in [0.15, 0.2) is 77.0 Å². The number of aromatic nitrogens is 3. The number of nitrogen functional groups attached to an aromatic ring is 1. The van der Waals surface area contributed by atoms with Crippen LogP contribution in [-0.4, -0.2) is 32.7 Å². The Morgan fingerprint density at radius 2 is 1.76 bits per heavy atom. The predicted molar refractivity (Wildman–Crippen MR) is 149 cm³/mol. The summed E-state index contributed by atoms with van der Waals surface area (Å²) in [6.45, 7) is 0.380. The lowest BCUT2D eigenvalue weighted by Gasteiger charge is -2.09. The number of rotatable bonds is 10. The SMILES string of the molecule is Nn1c(N/N=C/c2ccccc2OCc2ccc(Cl)cc2)nnc1SCC(=O)Nc1cc(Cl)cc(Cl)c1. The van der Waals surface area contributed by atoms with Gasteiger partial charge < -0.3 is 15.9 Å². The number of ether oxygens (including phenoxy) is 1. The molecule has 0 saturated heterocycles. The van der Waals surface area contributed by atoms with Crippen molar-refractivity contribution < 1.29 is 9.53 Å². The number of halogens is 3. The van der Waals surface area contributed by atoms with Crippen LogP contribution < -0.4 is 21.3 Å². The van der Waals surface area contributed by atoms with Gasteiger partial charge in [0, 0.05) is 26.3 Å². The molecule has 1 heterocycles. The molecule has 1 amide bonds. The largest absolute Gasteiger partial charge is 0.488 e. The summed E-state index contributed by atoms with van der Waals surface area (Å²) in [6, 6.07) is 19.7. The zero-order valence-electron chi connectivity index (χ0n) is 19.1. The number of carbonyl (C=O) groups excluding carboxylic acids is 1. The summed E-state index contributed by atoms with van der Waals surface area (Å²) < 4.78 is 7.13. The van der Waals surface area contributed by atoms with Crippen molar-refractivity contribution in [1.82, 2.24) is 14.9 Å². The van der Waals surface area contributed by atoms with Crippen molar-refractivity contribution in [1.29, 1.82) is 0 Å². The maximum absolute atomic E-state index is 12.3. The molecule has 0 saturated carbocycles. The summed E-state index contributed by atoms with van der Waals surface area (Å²) in [6.07, 6.45) is 1.59. The van der Waals surface area contributed by atoms with Crippen molar-refractivity contribution in [3.05, 3.63) is 92.9 Å². The Bertz CT molecular complexity index is 1390. The molecule has 0 aliphatic heterocycles. The average Bonchev–Trinajstić information content (AvgIpc) is 3.21. The molecule has 9 nitrogen and oxygen atoms in total. The average molecular weight is 577 g/mol. The number of nitrogens with zero attached hydrogens (tertiary/aromatic N) is 4. The smallest absolute Gasteiger partial charge is 0.264 e. The second-order valence-electron chi connectivity index (χ2n) is 7.49. The molecule has 4 rings (SSSR count). The number of carbonyl (C=O) groups is 1. The van der Waals surface area contributed by atoms with Gasteiger partial charge >= 0.3 is 0 Å². The van der Waals surface area contributed by atoms with Gasteiger partial charge in [0.1, 0.15) is 12.4 Å². The molecule has 4 aromatic rings. The summed E-state index contributed by atoms with van der Waals surface area (Å²) in [5, 5.41) is 16.7. The molecule has 4 N–H and O–H groups in total. The second kappa shape index (κ2) is 12.7. The van der Waals surface area contributed by atoms with Gasteiger partial charge in [0.2, 0.25) is 11.1 Å². The van der Waals surface area contributed by atoms with E-state index in [-0.39, 0.29) is 17.6 Å². The molecule has 0 radical (unpaired) electrons. The van der Waals surface area contributed by atoms with E-state index < -0.39 is 0 Å². The van der Waals surface area contributed by atoms with Crippen LogP contribution in [0.1, 0.15) is 11.1 Å². The topological polar surface area (TPSA) is 119 Å². The number of thioether (sulfide) groups is 1. The number of benzene rings is 3. The summed E-state index contributed by atoms with van der Waals surface area (Å²) in [5.41, 5.74) is 4.98. The monoisotopic (exact) mass is 575 g/mol. The Hall–Kier alpha value is -3.44. The molecule has 0 bridgehead atoms. The third kappa shape index (κ3) is 7.77. The van der Waals surface area contributed by atoms with Crippen LogP contribution in [0.4, 0.5) is 11.6 Å². The maximum atomic E-state index is 12.3. The standard InChI is InChI=1S/C24H20Cl3N7O2S/c25-17-7-5-15(6-8-17)13-36-21-4-2-1-3-16(21)12-29-31-23-32-33-24(34(23)28)37-14-22(35)30-20-10-18(26)9-19(27)11-20/h1-12H,13-14,28H2,(H,30,35)(H,31,32)/b29-12+. The fourth-order valence-corrected chi connectivity index (χ4v) is 4.33. The van der Waals surface area contributed by atoms with Crippen molar-refractivity contribution in [3.63, 3.8) is 0 Å². The first-order valence-corrected chi connectivity index (χ1v) is 12.8. The number of hydrogen-bond donors (Lipinski definition) is 3. The minimum atomic E-state index is -0.283. The summed E-state index contributed by atoms with van der Waals surface area (Å²) in [7, 11) is 0. The minimum absolute atomic E-state index is 0.0427. The molecule has 0 aliphatic carbocycles. The molecule has 3 aromatic carbocycles. The van der Waals surface area contributed by atoms with E-state index in [0.29, 0.717) is 38.3 Å². The highest BCUT2D eigenvalue weighted by Gasteiger charge is 2.13. The fraction of sp³-hybridized carbons (Fsp3) is 0.0833. The molecule has 1 aromatic heterocycles. The van der Waals surface area contributed by atoms with E-state index in [1.165, 1.54) is 4.68 Å². The number of hydrogen-bond acceptors (Lipinski definition) is 8. The molecule has 13 heteroatoms. The Morgan fingerprint density at radius 1 is 1.03 bits per heavy atom. The van der Waals surface area contributed by atoms with E-state index in [9.17, 15) is 4.79 Å². The van der Waals surface area contributed by atoms with Crippen LogP contribution in [0, 0.1) is 0 Å². The van der Waals surface area contributed by atoms with Gasteiger partial charge in [0.15, 0.2) is 0 Å². The van der Waals surface area contributed by atoms with E-state index in [1.807, 2.05) is 48.5 Å². The van der Waals surface area contributed by atoms with Crippen molar-refractivity contribution >= 4 is 70.3 Å². The van der Waals surface area contributed by atoms with Crippen LogP contribution in [0.3, 0.4) is 0 Å². The molecule has 37 heavy (non-hydrogen) atoms. The van der Waals surface area contributed by atoms with Gasteiger partial charge in [0.05, 0.1) is 12.0 Å². The van der Waals surface area contributed by atoms with E-state index >= 15 is 0 Å². The fourth-order valence-electron chi connectivity index (χ4n) is 3.02. The van der Waals surface area contributed by atoms with Crippen molar-refractivity contribution in [2.75, 3.05) is 22.3 Å². The van der Waals surface area contributed by atoms with E-state index in [2.05, 4.69) is 26.0 Å². The Labute approximate surface area is 231 Å². The van der Waals surface area contributed by atoms with E-state index in [0.717, 1.165) is 22.9 Å². The number of para-hydroxylation sites is 1. The predicted octanol–water partition coefficient (Wildman–Crippen LogP) is 5.71. The zero-order valence-corrected chi connectivity index (χ0v) is 22.2. The molecule has 0 aliphatic rings. The molecule has 0 atom stereocenters. The highest BCUT2D eigenvalue weighted by Crippen LogP contribution is 2.23. The van der Waals surface area contributed by atoms with E-state index in [4.69, 9.17) is 45.4 Å². The number of anilines is 2. The van der Waals surface area contributed by atoms with E-state index in [1.54, 1.807) is 24.4 Å². The van der Waals surface area contributed by atoms with Crippen LogP contribution in [0.25, 0.3) is 0 Å². The van der Waals surface area contributed by atoms with Crippen LogP contribution in [0.5, 0.6) is 5.75 Å². The minimum Gasteiger partial charge on any atom is -0.488 e. The number of nitrogens with one attached hydrogen (secondary N) is 2. The third-order valence-corrected chi connectivity index (χ3v) is 6.37. The quantitative estimate of drug-likeness (QED) is 0.0957. The normalized spacial score (nSPS) is 11.0. The summed E-state index contributed by atoms with van der Waals surface area (Å²) in [4.78, 5) is 12.3. The molecule has 0 unspecified atom stereocenters. The second-order valence-corrected chi connectivity index (χ2v) is 9.75. The Morgan fingerprint density at radius 3 is 2.51 bits per heavy atom. The van der Waals surface area contributed by atoms with Gasteiger partial charge in [0.25, 0.3) is 5.95 Å². The maximum Gasteiger partial charge on any atom is 0.264 e. The van der Waals surface area contributed by atoms with Crippen LogP contribution >= 0.6 is 46.6 Å². The molecule has 190 valence electrons. The van der Waals surface area contributed by atoms with Crippen molar-refractivity contribution in [3.8, 4) is 5.75 Å². The Balaban J connectivity index is 1.31. The number of amides is 1. The number of nitrogens with two attached hydrogens (primary N) is 1. The lowest BCUT2D eigenvalue weighted by Crippen LogP contribution is -2.16. The number of hydrazone groups is 1. The highest BCUT2D eigenvalue weighted by atomic mass is 35.5. The molecule has 0 spiro atoms. The summed E-state index contributed by atoms with van der Waals surface area (Å²) in [5.74, 6) is 6.66. The highest BCUT2D eigenvalue weighted by molar-refractivity contribution is 7.99. The van der Waals surface area contributed by atoms with Gasteiger partial charge in [-0.25, -0.2) is 10.1 Å². The third-order valence-electron chi connectivity index (χ3n) is 4.74. The molecule has 0 fully saturated rings. The van der Waals surface area contributed by atoms with Crippen molar-refractivity contribution in [2.45, 2.75) is 11.8 Å².